The SMILES string of the molecule is NC(c1ccc2c(c1)CC(=O)N2)c1ncc[nH]1. The topological polar surface area (TPSA) is 83.8 Å². The van der Waals surface area contributed by atoms with Gasteiger partial charge in [0.25, 0.3) is 0 Å². The number of hydrogen-bond acceptors (Lipinski definition) is 3. The van der Waals surface area contributed by atoms with Gasteiger partial charge in [-0.2, -0.15) is 0 Å². The number of nitrogens with one attached hydrogen (secondary N) is 2. The largest absolute Gasteiger partial charge is 0.347 e. The second-order valence-electron chi connectivity index (χ2n) is 4.09. The van der Waals surface area contributed by atoms with Crippen molar-refractivity contribution in [3.63, 3.8) is 0 Å². The van der Waals surface area contributed by atoms with Crippen LogP contribution in [0.2, 0.25) is 0 Å². The Hall–Kier alpha value is -2.14. The molecule has 1 atom stereocenters. The fraction of sp³-hybridized carbons (Fsp3) is 0.167. The fourth-order valence-corrected chi connectivity index (χ4v) is 2.05. The Morgan fingerprint density at radius 1 is 1.41 bits per heavy atom. The Morgan fingerprint density at radius 3 is 3.06 bits per heavy atom. The van der Waals surface area contributed by atoms with Crippen LogP contribution in [0, 0.1) is 0 Å². The lowest BCUT2D eigenvalue weighted by molar-refractivity contribution is -0.115. The molecule has 5 nitrogen and oxygen atoms in total. The molecule has 0 saturated carbocycles. The average molecular weight is 228 g/mol. The summed E-state index contributed by atoms with van der Waals surface area (Å²) in [7, 11) is 0. The van der Waals surface area contributed by atoms with E-state index in [2.05, 4.69) is 15.3 Å². The molecule has 1 aromatic carbocycles. The number of carbonyl (C=O) groups is 1. The van der Waals surface area contributed by atoms with Gasteiger partial charge in [-0.1, -0.05) is 12.1 Å². The first-order valence-electron chi connectivity index (χ1n) is 5.41. The maximum atomic E-state index is 11.2. The molecule has 0 radical (unpaired) electrons. The van der Waals surface area contributed by atoms with E-state index < -0.39 is 0 Å². The zero-order valence-electron chi connectivity index (χ0n) is 9.10. The van der Waals surface area contributed by atoms with Crippen LogP contribution >= 0.6 is 0 Å². The molecule has 2 heterocycles. The van der Waals surface area contributed by atoms with Gasteiger partial charge in [-0.05, 0) is 17.2 Å². The third kappa shape index (κ3) is 1.70. The van der Waals surface area contributed by atoms with Crippen LogP contribution in [0.4, 0.5) is 5.69 Å². The van der Waals surface area contributed by atoms with E-state index in [-0.39, 0.29) is 11.9 Å². The van der Waals surface area contributed by atoms with Crippen molar-refractivity contribution in [1.82, 2.24) is 9.97 Å². The molecule has 1 aliphatic heterocycles. The molecule has 86 valence electrons. The number of amides is 1. The molecule has 5 heteroatoms. The molecular weight excluding hydrogens is 216 g/mol. The summed E-state index contributed by atoms with van der Waals surface area (Å²) in [5, 5.41) is 2.80. The summed E-state index contributed by atoms with van der Waals surface area (Å²) in [6, 6.07) is 5.47. The minimum absolute atomic E-state index is 0.0312. The van der Waals surface area contributed by atoms with Gasteiger partial charge < -0.3 is 16.0 Å². The molecule has 0 saturated heterocycles. The molecule has 0 spiro atoms. The molecular formula is C12H12N4O. The standard InChI is InChI=1S/C12H12N4O/c13-11(12-14-3-4-15-12)7-1-2-9-8(5-7)6-10(17)16-9/h1-5,11H,6,13H2,(H,14,15)(H,16,17). The Balaban J connectivity index is 1.95. The minimum Gasteiger partial charge on any atom is -0.347 e. The van der Waals surface area contributed by atoms with E-state index in [1.54, 1.807) is 12.4 Å². The lowest BCUT2D eigenvalue weighted by Gasteiger charge is -2.10. The number of fused-ring (bicyclic) bond motifs is 1. The molecule has 3 rings (SSSR count). The summed E-state index contributed by atoms with van der Waals surface area (Å²) in [6.07, 6.45) is 3.84. The third-order valence-electron chi connectivity index (χ3n) is 2.93. The van der Waals surface area contributed by atoms with Gasteiger partial charge in [-0.15, -0.1) is 0 Å². The second kappa shape index (κ2) is 3.71. The predicted octanol–water partition coefficient (Wildman–Crippen LogP) is 0.952. The normalized spacial score (nSPS) is 15.5. The first kappa shape index (κ1) is 10.0. The molecule has 2 aromatic rings. The average Bonchev–Trinajstić information content (AvgIpc) is 2.94. The number of aromatic nitrogens is 2. The summed E-state index contributed by atoms with van der Waals surface area (Å²) in [5.41, 5.74) is 8.92. The van der Waals surface area contributed by atoms with Crippen molar-refractivity contribution >= 4 is 11.6 Å². The van der Waals surface area contributed by atoms with Gasteiger partial charge in [0.15, 0.2) is 0 Å². The van der Waals surface area contributed by atoms with Crippen LogP contribution in [0.3, 0.4) is 0 Å². The molecule has 1 unspecified atom stereocenters. The van der Waals surface area contributed by atoms with Crippen LogP contribution in [0.1, 0.15) is 23.0 Å². The Labute approximate surface area is 98.1 Å². The summed E-state index contributed by atoms with van der Waals surface area (Å²) >= 11 is 0. The van der Waals surface area contributed by atoms with Crippen molar-refractivity contribution in [1.29, 1.82) is 0 Å². The van der Waals surface area contributed by atoms with Crippen LogP contribution in [0.5, 0.6) is 0 Å². The number of carbonyl (C=O) groups excluding carboxylic acids is 1. The van der Waals surface area contributed by atoms with Crippen LogP contribution < -0.4 is 11.1 Å². The van der Waals surface area contributed by atoms with E-state index in [4.69, 9.17) is 5.73 Å². The monoisotopic (exact) mass is 228 g/mol. The lowest BCUT2D eigenvalue weighted by atomic mass is 10.0. The molecule has 1 amide bonds. The number of H-pyrrole nitrogens is 1. The minimum atomic E-state index is -0.286. The van der Waals surface area contributed by atoms with E-state index in [9.17, 15) is 4.79 Å². The number of nitrogens with two attached hydrogens (primary N) is 1. The number of hydrogen-bond donors (Lipinski definition) is 3. The van der Waals surface area contributed by atoms with Gasteiger partial charge in [0.2, 0.25) is 5.91 Å². The molecule has 4 N–H and O–H groups in total. The second-order valence-corrected chi connectivity index (χ2v) is 4.09. The number of benzene rings is 1. The number of anilines is 1. The highest BCUT2D eigenvalue weighted by Gasteiger charge is 2.19. The molecule has 0 fully saturated rings. The van der Waals surface area contributed by atoms with E-state index >= 15 is 0 Å². The van der Waals surface area contributed by atoms with E-state index in [0.29, 0.717) is 6.42 Å². The lowest BCUT2D eigenvalue weighted by Crippen LogP contribution is -2.13. The van der Waals surface area contributed by atoms with Crippen molar-refractivity contribution in [3.05, 3.63) is 47.5 Å². The Bertz CT molecular complexity index is 562. The van der Waals surface area contributed by atoms with E-state index in [1.165, 1.54) is 0 Å². The highest BCUT2D eigenvalue weighted by atomic mass is 16.1. The van der Waals surface area contributed by atoms with Gasteiger partial charge in [0.1, 0.15) is 5.82 Å². The quantitative estimate of drug-likeness (QED) is 0.715. The molecule has 1 aromatic heterocycles. The number of imidazole rings is 1. The van der Waals surface area contributed by atoms with E-state index in [1.807, 2.05) is 18.2 Å². The van der Waals surface area contributed by atoms with Crippen molar-refractivity contribution in [3.8, 4) is 0 Å². The zero-order chi connectivity index (χ0) is 11.8. The van der Waals surface area contributed by atoms with Crippen molar-refractivity contribution in [2.75, 3.05) is 5.32 Å². The summed E-state index contributed by atoms with van der Waals surface area (Å²) in [4.78, 5) is 18.4. The van der Waals surface area contributed by atoms with Crippen LogP contribution in [0.25, 0.3) is 0 Å². The maximum Gasteiger partial charge on any atom is 0.228 e. The highest BCUT2D eigenvalue weighted by molar-refractivity contribution is 5.99. The highest BCUT2D eigenvalue weighted by Crippen LogP contribution is 2.27. The zero-order valence-corrected chi connectivity index (χ0v) is 9.10. The molecule has 17 heavy (non-hydrogen) atoms. The number of rotatable bonds is 2. The van der Waals surface area contributed by atoms with Gasteiger partial charge in [-0.3, -0.25) is 4.79 Å². The van der Waals surface area contributed by atoms with Crippen molar-refractivity contribution in [2.24, 2.45) is 5.73 Å². The smallest absolute Gasteiger partial charge is 0.228 e. The Kier molecular flexibility index (Phi) is 2.19. The molecule has 0 bridgehead atoms. The van der Waals surface area contributed by atoms with Crippen LogP contribution in [-0.4, -0.2) is 15.9 Å². The van der Waals surface area contributed by atoms with Gasteiger partial charge in [0.05, 0.1) is 12.5 Å². The summed E-state index contributed by atoms with van der Waals surface area (Å²) in [5.74, 6) is 0.756. The summed E-state index contributed by atoms with van der Waals surface area (Å²) < 4.78 is 0. The first-order chi connectivity index (χ1) is 8.24. The molecule has 0 aliphatic carbocycles. The van der Waals surface area contributed by atoms with Crippen LogP contribution in [-0.2, 0) is 11.2 Å². The predicted molar refractivity (Wildman–Crippen MR) is 63.4 cm³/mol. The maximum absolute atomic E-state index is 11.2. The Morgan fingerprint density at radius 2 is 2.29 bits per heavy atom. The third-order valence-corrected chi connectivity index (χ3v) is 2.93. The van der Waals surface area contributed by atoms with Crippen molar-refractivity contribution < 1.29 is 4.79 Å². The first-order valence-corrected chi connectivity index (χ1v) is 5.41. The van der Waals surface area contributed by atoms with E-state index in [0.717, 1.165) is 22.6 Å². The summed E-state index contributed by atoms with van der Waals surface area (Å²) in [6.45, 7) is 0. The van der Waals surface area contributed by atoms with Crippen LogP contribution in [0.15, 0.2) is 30.6 Å². The number of nitrogens with zero attached hydrogens (tertiary/aromatic N) is 1. The van der Waals surface area contributed by atoms with Gasteiger partial charge in [0, 0.05) is 18.1 Å². The number of aromatic amines is 1. The molecule has 1 aliphatic rings. The van der Waals surface area contributed by atoms with Crippen molar-refractivity contribution in [2.45, 2.75) is 12.5 Å². The van der Waals surface area contributed by atoms with Gasteiger partial charge >= 0.3 is 0 Å². The van der Waals surface area contributed by atoms with Gasteiger partial charge in [-0.25, -0.2) is 4.98 Å². The fourth-order valence-electron chi connectivity index (χ4n) is 2.05.